The summed E-state index contributed by atoms with van der Waals surface area (Å²) in [5, 5.41) is 20.8. The summed E-state index contributed by atoms with van der Waals surface area (Å²) in [5.41, 5.74) is -1.65. The second-order valence-electron chi connectivity index (χ2n) is 5.45. The fraction of sp³-hybridized carbons (Fsp3) is 0.533. The normalized spacial score (nSPS) is 26.8. The molecule has 0 saturated carbocycles. The topological polar surface area (TPSA) is 98.9 Å². The van der Waals surface area contributed by atoms with Crippen molar-refractivity contribution in [2.75, 3.05) is 0 Å². The van der Waals surface area contributed by atoms with Crippen LogP contribution in [0.25, 0.3) is 0 Å². The van der Waals surface area contributed by atoms with E-state index in [1.165, 1.54) is 25.1 Å². The zero-order valence-electron chi connectivity index (χ0n) is 12.7. The lowest BCUT2D eigenvalue weighted by Gasteiger charge is -2.26. The maximum Gasteiger partial charge on any atom is 0.338 e. The Bertz CT molecular complexity index is 597. The molecule has 0 aliphatic carbocycles. The van der Waals surface area contributed by atoms with Crippen LogP contribution >= 0.6 is 0 Å². The first-order valence-corrected chi connectivity index (χ1v) is 7.14. The first-order chi connectivity index (χ1) is 10.3. The molecule has 1 fully saturated rings. The van der Waals surface area contributed by atoms with Crippen molar-refractivity contribution < 1.29 is 24.3 Å². The zero-order valence-corrected chi connectivity index (χ0v) is 12.7. The summed E-state index contributed by atoms with van der Waals surface area (Å²) in [6.45, 7) is 5.05. The molecule has 1 N–H and O–H groups in total. The molecule has 7 heteroatoms. The number of carbonyl (C=O) groups is 1. The van der Waals surface area contributed by atoms with Crippen LogP contribution in [0.1, 0.15) is 45.3 Å². The van der Waals surface area contributed by atoms with Crippen molar-refractivity contribution in [2.45, 2.75) is 51.1 Å². The molecule has 7 nitrogen and oxygen atoms in total. The molecule has 2 atom stereocenters. The number of nitro benzene ring substituents is 1. The first kappa shape index (κ1) is 16.4. The highest BCUT2D eigenvalue weighted by Gasteiger charge is 2.59. The summed E-state index contributed by atoms with van der Waals surface area (Å²) in [7, 11) is 0. The van der Waals surface area contributed by atoms with Crippen molar-refractivity contribution in [1.29, 1.82) is 0 Å². The molecule has 1 aliphatic heterocycles. The van der Waals surface area contributed by atoms with Gasteiger partial charge in [-0.05, 0) is 25.8 Å². The monoisotopic (exact) mass is 309 g/mol. The molecular formula is C15H19NO6. The lowest BCUT2D eigenvalue weighted by Crippen LogP contribution is -2.42. The van der Waals surface area contributed by atoms with E-state index in [2.05, 4.69) is 0 Å². The van der Waals surface area contributed by atoms with Gasteiger partial charge in [-0.3, -0.25) is 10.1 Å². The highest BCUT2D eigenvalue weighted by Crippen LogP contribution is 2.50. The van der Waals surface area contributed by atoms with Crippen LogP contribution in [0.4, 0.5) is 5.69 Å². The predicted octanol–water partition coefficient (Wildman–Crippen LogP) is 3.04. The Labute approximate surface area is 128 Å². The van der Waals surface area contributed by atoms with Gasteiger partial charge in [-0.2, -0.15) is 0 Å². The van der Waals surface area contributed by atoms with Gasteiger partial charge in [0.25, 0.3) is 5.69 Å². The third-order valence-electron chi connectivity index (χ3n) is 4.15. The van der Waals surface area contributed by atoms with Gasteiger partial charge in [0.05, 0.1) is 10.5 Å². The fourth-order valence-corrected chi connectivity index (χ4v) is 2.74. The quantitative estimate of drug-likeness (QED) is 0.663. The SMILES string of the molecule is CCC1(CC)OC(c2ccccc2[N+](=O)[O-])C(C)(C(=O)O)O1. The second kappa shape index (κ2) is 5.66. The minimum atomic E-state index is -1.68. The number of benzene rings is 1. The summed E-state index contributed by atoms with van der Waals surface area (Å²) in [6, 6.07) is 5.99. The molecule has 0 aromatic heterocycles. The Balaban J connectivity index is 2.57. The van der Waals surface area contributed by atoms with E-state index < -0.39 is 28.4 Å². The minimum Gasteiger partial charge on any atom is -0.479 e. The number of hydrogen-bond acceptors (Lipinski definition) is 5. The molecule has 1 saturated heterocycles. The van der Waals surface area contributed by atoms with Crippen molar-refractivity contribution in [1.82, 2.24) is 0 Å². The number of rotatable bonds is 5. The number of aliphatic carboxylic acids is 1. The summed E-state index contributed by atoms with van der Waals surface area (Å²) in [4.78, 5) is 22.4. The van der Waals surface area contributed by atoms with Gasteiger partial charge >= 0.3 is 5.97 Å². The van der Waals surface area contributed by atoms with E-state index >= 15 is 0 Å². The number of nitrogens with zero attached hydrogens (tertiary/aromatic N) is 1. The zero-order chi connectivity index (χ0) is 16.5. The maximum atomic E-state index is 11.7. The Morgan fingerprint density at radius 3 is 2.45 bits per heavy atom. The molecule has 0 spiro atoms. The average molecular weight is 309 g/mol. The standard InChI is InChI=1S/C15H19NO6/c1-4-15(5-2)21-12(14(3,22-15)13(17)18)10-8-6-7-9-11(10)16(19)20/h6-9,12H,4-5H2,1-3H3,(H,17,18). The Morgan fingerprint density at radius 2 is 1.95 bits per heavy atom. The third-order valence-corrected chi connectivity index (χ3v) is 4.15. The van der Waals surface area contributed by atoms with E-state index in [0.29, 0.717) is 12.8 Å². The summed E-state index contributed by atoms with van der Waals surface area (Å²) >= 11 is 0. The number of ether oxygens (including phenoxy) is 2. The van der Waals surface area contributed by atoms with Gasteiger partial charge < -0.3 is 14.6 Å². The van der Waals surface area contributed by atoms with Crippen molar-refractivity contribution in [3.05, 3.63) is 39.9 Å². The first-order valence-electron chi connectivity index (χ1n) is 7.14. The smallest absolute Gasteiger partial charge is 0.338 e. The van der Waals surface area contributed by atoms with Gasteiger partial charge in [0.1, 0.15) is 6.10 Å². The molecule has 1 heterocycles. The van der Waals surface area contributed by atoms with Gasteiger partial charge in [-0.15, -0.1) is 0 Å². The molecule has 120 valence electrons. The van der Waals surface area contributed by atoms with Crippen LogP contribution in [0.5, 0.6) is 0 Å². The summed E-state index contributed by atoms with van der Waals surface area (Å²) in [5.74, 6) is -2.26. The third kappa shape index (κ3) is 2.46. The largest absolute Gasteiger partial charge is 0.479 e. The molecule has 0 amide bonds. The Morgan fingerprint density at radius 1 is 1.36 bits per heavy atom. The van der Waals surface area contributed by atoms with E-state index in [1.54, 1.807) is 6.07 Å². The fourth-order valence-electron chi connectivity index (χ4n) is 2.74. The molecular weight excluding hydrogens is 290 g/mol. The highest BCUT2D eigenvalue weighted by atomic mass is 16.8. The van der Waals surface area contributed by atoms with Gasteiger partial charge in [-0.25, -0.2) is 4.79 Å². The average Bonchev–Trinajstić information content (AvgIpc) is 2.82. The summed E-state index contributed by atoms with van der Waals surface area (Å²) in [6.07, 6.45) is -0.154. The predicted molar refractivity (Wildman–Crippen MR) is 77.4 cm³/mol. The molecule has 2 unspecified atom stereocenters. The Kier molecular flexibility index (Phi) is 4.21. The van der Waals surface area contributed by atoms with Crippen molar-refractivity contribution >= 4 is 11.7 Å². The van der Waals surface area contributed by atoms with Gasteiger partial charge in [0.15, 0.2) is 11.4 Å². The van der Waals surface area contributed by atoms with E-state index in [0.717, 1.165) is 0 Å². The van der Waals surface area contributed by atoms with Gasteiger partial charge in [0.2, 0.25) is 0 Å². The van der Waals surface area contributed by atoms with Crippen LogP contribution in [0, 0.1) is 10.1 Å². The van der Waals surface area contributed by atoms with Crippen LogP contribution in [0.2, 0.25) is 0 Å². The van der Waals surface area contributed by atoms with Crippen molar-refractivity contribution in [3.8, 4) is 0 Å². The molecule has 1 aromatic rings. The Hall–Kier alpha value is -1.99. The molecule has 22 heavy (non-hydrogen) atoms. The second-order valence-corrected chi connectivity index (χ2v) is 5.45. The lowest BCUT2D eigenvalue weighted by molar-refractivity contribution is -0.386. The summed E-state index contributed by atoms with van der Waals surface area (Å²) < 4.78 is 11.6. The number of hydrogen-bond donors (Lipinski definition) is 1. The lowest BCUT2D eigenvalue weighted by atomic mass is 9.92. The van der Waals surface area contributed by atoms with Gasteiger partial charge in [0, 0.05) is 6.07 Å². The molecule has 0 radical (unpaired) electrons. The van der Waals surface area contributed by atoms with Crippen LogP contribution in [-0.4, -0.2) is 27.4 Å². The van der Waals surface area contributed by atoms with E-state index in [1.807, 2.05) is 13.8 Å². The molecule has 0 bridgehead atoms. The maximum absolute atomic E-state index is 11.7. The van der Waals surface area contributed by atoms with Crippen LogP contribution in [-0.2, 0) is 14.3 Å². The molecule has 1 aromatic carbocycles. The van der Waals surface area contributed by atoms with Gasteiger partial charge in [-0.1, -0.05) is 26.0 Å². The number of carboxylic acids is 1. The van der Waals surface area contributed by atoms with E-state index in [4.69, 9.17) is 9.47 Å². The van der Waals surface area contributed by atoms with Crippen LogP contribution in [0.3, 0.4) is 0 Å². The van der Waals surface area contributed by atoms with Crippen molar-refractivity contribution in [3.63, 3.8) is 0 Å². The minimum absolute atomic E-state index is 0.174. The highest BCUT2D eigenvalue weighted by molar-refractivity contribution is 5.79. The van der Waals surface area contributed by atoms with E-state index in [9.17, 15) is 20.0 Å². The van der Waals surface area contributed by atoms with Crippen LogP contribution in [0.15, 0.2) is 24.3 Å². The van der Waals surface area contributed by atoms with E-state index in [-0.39, 0.29) is 11.3 Å². The number of nitro groups is 1. The molecule has 2 rings (SSSR count). The van der Waals surface area contributed by atoms with Crippen molar-refractivity contribution in [2.24, 2.45) is 0 Å². The van der Waals surface area contributed by atoms with Crippen LogP contribution < -0.4 is 0 Å². The molecule has 1 aliphatic rings. The number of carboxylic acid groups (broad SMARTS) is 1. The number of para-hydroxylation sites is 1.